The van der Waals surface area contributed by atoms with Gasteiger partial charge in [-0.05, 0) is 18.6 Å². The topological polar surface area (TPSA) is 102 Å². The van der Waals surface area contributed by atoms with Crippen molar-refractivity contribution < 1.29 is 8.42 Å². The van der Waals surface area contributed by atoms with Gasteiger partial charge >= 0.3 is 0 Å². The number of fused-ring (bicyclic) bond motifs is 1. The largest absolute Gasteiger partial charge is 0.367 e. The van der Waals surface area contributed by atoms with Crippen molar-refractivity contribution >= 4 is 32.7 Å². The molecule has 0 atom stereocenters. The second-order valence-electron chi connectivity index (χ2n) is 6.00. The summed E-state index contributed by atoms with van der Waals surface area (Å²) in [6.45, 7) is 2.83. The summed E-state index contributed by atoms with van der Waals surface area (Å²) < 4.78 is 29.2. The predicted octanol–water partition coefficient (Wildman–Crippen LogP) is 2.77. The van der Waals surface area contributed by atoms with Crippen LogP contribution in [0.3, 0.4) is 0 Å². The van der Waals surface area contributed by atoms with Gasteiger partial charge in [0, 0.05) is 19.8 Å². The fourth-order valence-corrected chi connectivity index (χ4v) is 3.49. The Labute approximate surface area is 152 Å². The molecule has 3 rings (SSSR count). The summed E-state index contributed by atoms with van der Waals surface area (Å²) in [4.78, 5) is 9.06. The maximum Gasteiger partial charge on any atom is 0.266 e. The molecule has 9 heteroatoms. The molecule has 138 valence electrons. The highest BCUT2D eigenvalue weighted by Crippen LogP contribution is 2.24. The second kappa shape index (κ2) is 7.69. The Morgan fingerprint density at radius 2 is 1.77 bits per heavy atom. The molecule has 0 aliphatic rings. The Bertz CT molecular complexity index is 999. The lowest BCUT2D eigenvalue weighted by atomic mass is 10.2. The van der Waals surface area contributed by atoms with Crippen LogP contribution in [0.4, 0.5) is 11.6 Å². The van der Waals surface area contributed by atoms with Crippen molar-refractivity contribution in [3.05, 3.63) is 36.7 Å². The minimum absolute atomic E-state index is 0.0758. The minimum Gasteiger partial charge on any atom is -0.367 e. The van der Waals surface area contributed by atoms with Gasteiger partial charge in [-0.3, -0.25) is 9.40 Å². The molecule has 0 saturated carbocycles. The third-order valence-electron chi connectivity index (χ3n) is 3.87. The number of anilines is 2. The number of nitrogens with one attached hydrogen (secondary N) is 2. The molecule has 0 amide bonds. The lowest BCUT2D eigenvalue weighted by Gasteiger charge is -2.13. The standard InChI is InChI=1S/C17H22N6O2S/c1-3-4-7-10-18-16-17(21-15-9-6-5-8-14(15)20-16)22-26(24,25)13-11-19-23(2)12-13/h5-6,8-9,11-12H,3-4,7,10H2,1-2H3,(H,18,20)(H,21,22). The summed E-state index contributed by atoms with van der Waals surface area (Å²) in [5, 5.41) is 7.11. The quantitative estimate of drug-likeness (QED) is 0.588. The van der Waals surface area contributed by atoms with Crippen LogP contribution in [0.2, 0.25) is 0 Å². The van der Waals surface area contributed by atoms with Gasteiger partial charge in [-0.15, -0.1) is 0 Å². The second-order valence-corrected chi connectivity index (χ2v) is 7.68. The molecule has 0 aliphatic carbocycles. The number of benzene rings is 1. The van der Waals surface area contributed by atoms with E-state index < -0.39 is 10.0 Å². The molecule has 2 aromatic heterocycles. The Hall–Kier alpha value is -2.68. The molecule has 0 unspecified atom stereocenters. The van der Waals surface area contributed by atoms with Gasteiger partial charge in [0.2, 0.25) is 0 Å². The number of para-hydroxylation sites is 2. The van der Waals surface area contributed by atoms with Crippen LogP contribution < -0.4 is 10.0 Å². The molecule has 0 fully saturated rings. The summed E-state index contributed by atoms with van der Waals surface area (Å²) in [5.41, 5.74) is 1.32. The van der Waals surface area contributed by atoms with E-state index in [-0.39, 0.29) is 10.7 Å². The Balaban J connectivity index is 1.94. The molecule has 3 aromatic rings. The number of aryl methyl sites for hydroxylation is 1. The molecule has 26 heavy (non-hydrogen) atoms. The fourth-order valence-electron chi connectivity index (χ4n) is 2.50. The number of rotatable bonds is 8. The van der Waals surface area contributed by atoms with Crippen LogP contribution in [0, 0.1) is 0 Å². The average molecular weight is 374 g/mol. The minimum atomic E-state index is -3.79. The van der Waals surface area contributed by atoms with Crippen LogP contribution in [-0.4, -0.2) is 34.7 Å². The highest BCUT2D eigenvalue weighted by Gasteiger charge is 2.20. The molecular formula is C17H22N6O2S. The van der Waals surface area contributed by atoms with Crippen LogP contribution in [0.1, 0.15) is 26.2 Å². The van der Waals surface area contributed by atoms with Gasteiger partial charge < -0.3 is 5.32 Å². The Morgan fingerprint density at radius 1 is 1.08 bits per heavy atom. The first-order valence-electron chi connectivity index (χ1n) is 8.51. The van der Waals surface area contributed by atoms with Crippen molar-refractivity contribution in [2.45, 2.75) is 31.1 Å². The number of hydrogen-bond donors (Lipinski definition) is 2. The molecule has 0 saturated heterocycles. The van der Waals surface area contributed by atoms with Gasteiger partial charge in [-0.1, -0.05) is 31.9 Å². The zero-order valence-corrected chi connectivity index (χ0v) is 15.6. The van der Waals surface area contributed by atoms with Crippen LogP contribution >= 0.6 is 0 Å². The van der Waals surface area contributed by atoms with Gasteiger partial charge in [0.05, 0.1) is 17.2 Å². The highest BCUT2D eigenvalue weighted by molar-refractivity contribution is 7.92. The highest BCUT2D eigenvalue weighted by atomic mass is 32.2. The Morgan fingerprint density at radius 3 is 2.38 bits per heavy atom. The molecule has 0 aliphatic heterocycles. The molecule has 2 heterocycles. The molecule has 8 nitrogen and oxygen atoms in total. The van der Waals surface area contributed by atoms with E-state index in [4.69, 9.17) is 0 Å². The first kappa shape index (κ1) is 18.1. The zero-order chi connectivity index (χ0) is 18.6. The van der Waals surface area contributed by atoms with Crippen molar-refractivity contribution in [2.75, 3.05) is 16.6 Å². The molecule has 0 spiro atoms. The van der Waals surface area contributed by atoms with Crippen LogP contribution in [0.5, 0.6) is 0 Å². The Kier molecular flexibility index (Phi) is 5.36. The summed E-state index contributed by atoms with van der Waals surface area (Å²) in [5.74, 6) is 0.608. The first-order valence-corrected chi connectivity index (χ1v) is 10.00. The van der Waals surface area contributed by atoms with Gasteiger partial charge in [0.15, 0.2) is 11.6 Å². The number of sulfonamides is 1. The van der Waals surface area contributed by atoms with Gasteiger partial charge in [0.25, 0.3) is 10.0 Å². The monoisotopic (exact) mass is 374 g/mol. The van der Waals surface area contributed by atoms with E-state index in [2.05, 4.69) is 32.0 Å². The fraction of sp³-hybridized carbons (Fsp3) is 0.353. The summed E-state index contributed by atoms with van der Waals surface area (Å²) in [7, 11) is -2.13. The maximum absolute atomic E-state index is 12.6. The van der Waals surface area contributed by atoms with E-state index >= 15 is 0 Å². The average Bonchev–Trinajstić information content (AvgIpc) is 3.06. The maximum atomic E-state index is 12.6. The SMILES string of the molecule is CCCCCNc1nc2ccccc2nc1NS(=O)(=O)c1cnn(C)c1. The van der Waals surface area contributed by atoms with E-state index in [1.807, 2.05) is 18.2 Å². The lowest BCUT2D eigenvalue weighted by molar-refractivity contribution is 0.601. The van der Waals surface area contributed by atoms with Crippen LogP contribution in [0.25, 0.3) is 11.0 Å². The molecular weight excluding hydrogens is 352 g/mol. The number of unbranched alkanes of at least 4 members (excludes halogenated alkanes) is 2. The number of hydrogen-bond acceptors (Lipinski definition) is 6. The third-order valence-corrected chi connectivity index (χ3v) is 5.16. The van der Waals surface area contributed by atoms with Gasteiger partial charge in [-0.2, -0.15) is 5.10 Å². The number of aromatic nitrogens is 4. The van der Waals surface area contributed by atoms with E-state index in [9.17, 15) is 8.42 Å². The van der Waals surface area contributed by atoms with Crippen molar-refractivity contribution in [3.8, 4) is 0 Å². The van der Waals surface area contributed by atoms with Crippen molar-refractivity contribution in [1.82, 2.24) is 19.7 Å². The predicted molar refractivity (Wildman–Crippen MR) is 102 cm³/mol. The molecule has 0 bridgehead atoms. The summed E-state index contributed by atoms with van der Waals surface area (Å²) in [6, 6.07) is 7.35. The van der Waals surface area contributed by atoms with E-state index in [1.54, 1.807) is 13.1 Å². The van der Waals surface area contributed by atoms with Crippen molar-refractivity contribution in [2.24, 2.45) is 7.05 Å². The van der Waals surface area contributed by atoms with Crippen LogP contribution in [-0.2, 0) is 17.1 Å². The molecule has 1 aromatic carbocycles. The zero-order valence-electron chi connectivity index (χ0n) is 14.8. The van der Waals surface area contributed by atoms with Gasteiger partial charge in [-0.25, -0.2) is 18.4 Å². The lowest BCUT2D eigenvalue weighted by Crippen LogP contribution is -2.16. The number of nitrogens with zero attached hydrogens (tertiary/aromatic N) is 4. The third kappa shape index (κ3) is 4.10. The van der Waals surface area contributed by atoms with Crippen molar-refractivity contribution in [3.63, 3.8) is 0 Å². The van der Waals surface area contributed by atoms with E-state index in [0.717, 1.165) is 19.3 Å². The van der Waals surface area contributed by atoms with E-state index in [1.165, 1.54) is 17.1 Å². The smallest absolute Gasteiger partial charge is 0.266 e. The van der Waals surface area contributed by atoms with E-state index in [0.29, 0.717) is 23.4 Å². The molecule has 0 radical (unpaired) electrons. The summed E-state index contributed by atoms with van der Waals surface area (Å²) >= 11 is 0. The first-order chi connectivity index (χ1) is 12.5. The summed E-state index contributed by atoms with van der Waals surface area (Å²) in [6.07, 6.45) is 5.90. The van der Waals surface area contributed by atoms with Crippen LogP contribution in [0.15, 0.2) is 41.6 Å². The normalized spacial score (nSPS) is 11.6. The molecule has 2 N–H and O–H groups in total. The van der Waals surface area contributed by atoms with Crippen molar-refractivity contribution in [1.29, 1.82) is 0 Å². The van der Waals surface area contributed by atoms with Gasteiger partial charge in [0.1, 0.15) is 4.90 Å².